The van der Waals surface area contributed by atoms with E-state index in [1.165, 1.54) is 24.4 Å². The third kappa shape index (κ3) is 3.67. The van der Waals surface area contributed by atoms with Crippen molar-refractivity contribution in [2.75, 3.05) is 11.9 Å². The minimum Gasteiger partial charge on any atom is -0.360 e. The van der Waals surface area contributed by atoms with Crippen LogP contribution >= 0.6 is 0 Å². The number of anilines is 1. The molecule has 1 amide bonds. The Bertz CT molecular complexity index is 514. The average Bonchev–Trinajstić information content (AvgIpc) is 2.82. The van der Waals surface area contributed by atoms with Crippen LogP contribution in [0.3, 0.4) is 0 Å². The molecular formula is C12H12FN3O2. The van der Waals surface area contributed by atoms with Gasteiger partial charge in [0.2, 0.25) is 5.91 Å². The van der Waals surface area contributed by atoms with E-state index in [0.29, 0.717) is 18.0 Å². The first-order valence-corrected chi connectivity index (χ1v) is 5.40. The minimum atomic E-state index is -0.387. The summed E-state index contributed by atoms with van der Waals surface area (Å²) >= 11 is 0. The van der Waals surface area contributed by atoms with Crippen molar-refractivity contribution >= 4 is 11.6 Å². The van der Waals surface area contributed by atoms with Crippen LogP contribution in [0.1, 0.15) is 5.76 Å². The molecule has 0 aliphatic rings. The van der Waals surface area contributed by atoms with E-state index in [0.717, 1.165) is 0 Å². The van der Waals surface area contributed by atoms with Gasteiger partial charge in [0.15, 0.2) is 0 Å². The van der Waals surface area contributed by atoms with E-state index in [2.05, 4.69) is 15.8 Å². The zero-order valence-electron chi connectivity index (χ0n) is 9.52. The lowest BCUT2D eigenvalue weighted by Crippen LogP contribution is -2.27. The van der Waals surface area contributed by atoms with Crippen molar-refractivity contribution in [3.05, 3.63) is 48.1 Å². The summed E-state index contributed by atoms with van der Waals surface area (Å²) in [6.45, 7) is 0.522. The number of halogens is 1. The number of nitrogens with zero attached hydrogens (tertiary/aromatic N) is 1. The lowest BCUT2D eigenvalue weighted by atomic mass is 10.3. The van der Waals surface area contributed by atoms with Crippen molar-refractivity contribution in [1.29, 1.82) is 0 Å². The molecule has 0 aliphatic carbocycles. The number of nitrogens with one attached hydrogen (secondary N) is 2. The molecule has 0 spiro atoms. The van der Waals surface area contributed by atoms with E-state index in [1.54, 1.807) is 12.1 Å². The fraction of sp³-hybridized carbons (Fsp3) is 0.167. The van der Waals surface area contributed by atoms with Gasteiger partial charge in [-0.25, -0.2) is 4.39 Å². The molecule has 0 saturated heterocycles. The van der Waals surface area contributed by atoms with E-state index in [-0.39, 0.29) is 18.3 Å². The Morgan fingerprint density at radius 3 is 3.00 bits per heavy atom. The van der Waals surface area contributed by atoms with Gasteiger partial charge in [0, 0.05) is 11.8 Å². The van der Waals surface area contributed by atoms with E-state index in [9.17, 15) is 9.18 Å². The van der Waals surface area contributed by atoms with Crippen LogP contribution in [0.2, 0.25) is 0 Å². The fourth-order valence-corrected chi connectivity index (χ4v) is 1.40. The molecule has 0 aliphatic heterocycles. The van der Waals surface area contributed by atoms with E-state index in [1.807, 2.05) is 0 Å². The van der Waals surface area contributed by atoms with Gasteiger partial charge in [0.05, 0.1) is 19.3 Å². The minimum absolute atomic E-state index is 0.108. The van der Waals surface area contributed by atoms with E-state index >= 15 is 0 Å². The van der Waals surface area contributed by atoms with Gasteiger partial charge in [0.1, 0.15) is 11.6 Å². The second-order valence-electron chi connectivity index (χ2n) is 3.64. The van der Waals surface area contributed by atoms with Crippen molar-refractivity contribution in [3.8, 4) is 0 Å². The van der Waals surface area contributed by atoms with Gasteiger partial charge in [-0.1, -0.05) is 11.2 Å². The normalized spacial score (nSPS) is 10.3. The van der Waals surface area contributed by atoms with Crippen LogP contribution in [-0.2, 0) is 11.3 Å². The molecule has 5 nitrogen and oxygen atoms in total. The number of carbonyl (C=O) groups is 1. The average molecular weight is 249 g/mol. The number of hydrogen-bond acceptors (Lipinski definition) is 4. The molecular weight excluding hydrogens is 237 g/mol. The number of aromatic nitrogens is 1. The van der Waals surface area contributed by atoms with Crippen LogP contribution in [0.25, 0.3) is 0 Å². The standard InChI is InChI=1S/C12H12FN3O2/c13-9-2-1-3-10(6-9)16-12(17)8-14-7-11-4-5-15-18-11/h1-6,14H,7-8H2,(H,16,17). The summed E-state index contributed by atoms with van der Waals surface area (Å²) in [5.41, 5.74) is 0.432. The number of hydrogen-bond donors (Lipinski definition) is 2. The molecule has 0 bridgehead atoms. The topological polar surface area (TPSA) is 67.2 Å². The maximum atomic E-state index is 12.9. The maximum Gasteiger partial charge on any atom is 0.238 e. The highest BCUT2D eigenvalue weighted by Crippen LogP contribution is 2.08. The quantitative estimate of drug-likeness (QED) is 0.843. The Labute approximate surface area is 103 Å². The molecule has 0 fully saturated rings. The molecule has 0 unspecified atom stereocenters. The summed E-state index contributed by atoms with van der Waals surface area (Å²) in [5, 5.41) is 9.00. The summed E-state index contributed by atoms with van der Waals surface area (Å²) in [6.07, 6.45) is 1.53. The third-order valence-electron chi connectivity index (χ3n) is 2.18. The summed E-state index contributed by atoms with van der Waals surface area (Å²) in [6, 6.07) is 7.44. The van der Waals surface area contributed by atoms with Crippen LogP contribution < -0.4 is 10.6 Å². The van der Waals surface area contributed by atoms with Gasteiger partial charge in [-0.2, -0.15) is 0 Å². The third-order valence-corrected chi connectivity index (χ3v) is 2.18. The molecule has 1 aromatic heterocycles. The first kappa shape index (κ1) is 12.3. The number of carbonyl (C=O) groups excluding carboxylic acids is 1. The van der Waals surface area contributed by atoms with Gasteiger partial charge in [-0.3, -0.25) is 4.79 Å². The monoisotopic (exact) mass is 249 g/mol. The summed E-state index contributed by atoms with van der Waals surface area (Å²) in [7, 11) is 0. The largest absolute Gasteiger partial charge is 0.360 e. The molecule has 0 saturated carbocycles. The SMILES string of the molecule is O=C(CNCc1ccno1)Nc1cccc(F)c1. The highest BCUT2D eigenvalue weighted by molar-refractivity contribution is 5.92. The van der Waals surface area contributed by atoms with Crippen LogP contribution in [0.5, 0.6) is 0 Å². The molecule has 0 radical (unpaired) electrons. The second kappa shape index (κ2) is 5.92. The first-order valence-electron chi connectivity index (χ1n) is 5.40. The van der Waals surface area contributed by atoms with E-state index in [4.69, 9.17) is 4.52 Å². The Morgan fingerprint density at radius 1 is 1.39 bits per heavy atom. The van der Waals surface area contributed by atoms with Crippen molar-refractivity contribution in [1.82, 2.24) is 10.5 Å². The van der Waals surface area contributed by atoms with Crippen LogP contribution in [0.15, 0.2) is 41.1 Å². The molecule has 2 N–H and O–H groups in total. The van der Waals surface area contributed by atoms with Crippen molar-refractivity contribution in [3.63, 3.8) is 0 Å². The molecule has 1 aromatic carbocycles. The Morgan fingerprint density at radius 2 is 2.28 bits per heavy atom. The predicted octanol–water partition coefficient (Wildman–Crippen LogP) is 1.54. The number of rotatable bonds is 5. The zero-order chi connectivity index (χ0) is 12.8. The van der Waals surface area contributed by atoms with Crippen LogP contribution in [0, 0.1) is 5.82 Å². The molecule has 0 atom stereocenters. The highest BCUT2D eigenvalue weighted by atomic mass is 19.1. The number of amides is 1. The van der Waals surface area contributed by atoms with Crippen LogP contribution in [0.4, 0.5) is 10.1 Å². The van der Waals surface area contributed by atoms with Gasteiger partial charge in [0.25, 0.3) is 0 Å². The van der Waals surface area contributed by atoms with Crippen molar-refractivity contribution in [2.24, 2.45) is 0 Å². The second-order valence-corrected chi connectivity index (χ2v) is 3.64. The molecule has 2 rings (SSSR count). The lowest BCUT2D eigenvalue weighted by molar-refractivity contribution is -0.115. The zero-order valence-corrected chi connectivity index (χ0v) is 9.52. The van der Waals surface area contributed by atoms with Crippen molar-refractivity contribution < 1.29 is 13.7 Å². The van der Waals surface area contributed by atoms with Crippen LogP contribution in [-0.4, -0.2) is 17.6 Å². The summed E-state index contributed by atoms with van der Waals surface area (Å²) in [5.74, 6) is 0.0103. The Hall–Kier alpha value is -2.21. The highest BCUT2D eigenvalue weighted by Gasteiger charge is 2.03. The maximum absolute atomic E-state index is 12.9. The molecule has 18 heavy (non-hydrogen) atoms. The summed E-state index contributed by atoms with van der Waals surface area (Å²) < 4.78 is 17.7. The predicted molar refractivity (Wildman–Crippen MR) is 63.2 cm³/mol. The molecule has 94 valence electrons. The molecule has 6 heteroatoms. The first-order chi connectivity index (χ1) is 8.74. The lowest BCUT2D eigenvalue weighted by Gasteiger charge is -2.05. The Kier molecular flexibility index (Phi) is 4.03. The van der Waals surface area contributed by atoms with Gasteiger partial charge < -0.3 is 15.2 Å². The van der Waals surface area contributed by atoms with Gasteiger partial charge in [-0.05, 0) is 18.2 Å². The smallest absolute Gasteiger partial charge is 0.238 e. The molecule has 1 heterocycles. The summed E-state index contributed by atoms with van der Waals surface area (Å²) in [4.78, 5) is 11.5. The van der Waals surface area contributed by atoms with Gasteiger partial charge in [-0.15, -0.1) is 0 Å². The molecule has 2 aromatic rings. The Balaban J connectivity index is 1.75. The fourth-order valence-electron chi connectivity index (χ4n) is 1.40. The van der Waals surface area contributed by atoms with Gasteiger partial charge >= 0.3 is 0 Å². The number of benzene rings is 1. The van der Waals surface area contributed by atoms with Crippen molar-refractivity contribution in [2.45, 2.75) is 6.54 Å². The van der Waals surface area contributed by atoms with E-state index < -0.39 is 0 Å².